The number of rotatable bonds is 3. The Kier molecular flexibility index (Phi) is 4.72. The molecule has 0 saturated heterocycles. The Labute approximate surface area is 138 Å². The van der Waals surface area contributed by atoms with Crippen LogP contribution in [0.25, 0.3) is 6.08 Å². The van der Waals surface area contributed by atoms with E-state index in [2.05, 4.69) is 5.10 Å². The van der Waals surface area contributed by atoms with Crippen LogP contribution < -0.4 is 4.74 Å². The third-order valence-corrected chi connectivity index (χ3v) is 3.42. The molecule has 0 radical (unpaired) electrons. The second-order valence-corrected chi connectivity index (χ2v) is 5.27. The first-order valence-electron chi connectivity index (χ1n) is 6.63. The number of nitriles is 1. The molecule has 2 aromatic rings. The molecular weight excluding hydrogens is 318 g/mol. The van der Waals surface area contributed by atoms with E-state index in [1.807, 2.05) is 6.07 Å². The molecule has 1 aromatic heterocycles. The quantitative estimate of drug-likeness (QED) is 0.689. The number of allylic oxidation sites excluding steroid dienone is 1. The second-order valence-electron chi connectivity index (χ2n) is 4.87. The Morgan fingerprint density at radius 1 is 1.43 bits per heavy atom. The molecule has 7 heteroatoms. The van der Waals surface area contributed by atoms with Crippen molar-refractivity contribution < 1.29 is 14.6 Å². The van der Waals surface area contributed by atoms with Gasteiger partial charge < -0.3 is 9.84 Å². The van der Waals surface area contributed by atoms with E-state index in [-0.39, 0.29) is 22.1 Å². The molecule has 0 atom stereocenters. The average Bonchev–Trinajstić information content (AvgIpc) is 2.86. The first kappa shape index (κ1) is 16.6. The highest BCUT2D eigenvalue weighted by molar-refractivity contribution is 6.32. The summed E-state index contributed by atoms with van der Waals surface area (Å²) >= 11 is 5.90. The molecule has 0 aliphatic heterocycles. The van der Waals surface area contributed by atoms with E-state index in [9.17, 15) is 15.2 Å². The van der Waals surface area contributed by atoms with Crippen LogP contribution in [0.5, 0.6) is 11.5 Å². The maximum absolute atomic E-state index is 12.4. The van der Waals surface area contributed by atoms with Gasteiger partial charge in [-0.05, 0) is 43.7 Å². The van der Waals surface area contributed by atoms with Gasteiger partial charge >= 0.3 is 0 Å². The summed E-state index contributed by atoms with van der Waals surface area (Å²) in [5.74, 6) is -0.587. The number of hydrogen-bond donors (Lipinski definition) is 1. The zero-order chi connectivity index (χ0) is 17.1. The predicted octanol–water partition coefficient (Wildman–Crippen LogP) is 3.11. The van der Waals surface area contributed by atoms with Crippen LogP contribution in [-0.2, 0) is 0 Å². The van der Waals surface area contributed by atoms with Crippen LogP contribution in [0.4, 0.5) is 0 Å². The lowest BCUT2D eigenvalue weighted by Gasteiger charge is -2.07. The summed E-state index contributed by atoms with van der Waals surface area (Å²) in [6.07, 6.45) is 1.37. The molecule has 0 bridgehead atoms. The number of ether oxygens (including phenoxy) is 1. The van der Waals surface area contributed by atoms with Gasteiger partial charge in [-0.15, -0.1) is 0 Å². The number of aromatic hydroxyl groups is 1. The summed E-state index contributed by atoms with van der Waals surface area (Å²) < 4.78 is 6.17. The van der Waals surface area contributed by atoms with E-state index in [0.29, 0.717) is 17.0 Å². The molecule has 0 aliphatic carbocycles. The monoisotopic (exact) mass is 331 g/mol. The smallest absolute Gasteiger partial charge is 0.289 e. The van der Waals surface area contributed by atoms with Crippen LogP contribution in [0.3, 0.4) is 0 Å². The number of methoxy groups -OCH3 is 1. The molecule has 1 aromatic carbocycles. The zero-order valence-electron chi connectivity index (χ0n) is 12.8. The normalized spacial score (nSPS) is 11.2. The third kappa shape index (κ3) is 3.35. The molecule has 6 nitrogen and oxygen atoms in total. The molecule has 0 spiro atoms. The van der Waals surface area contributed by atoms with Gasteiger partial charge in [0, 0.05) is 5.69 Å². The minimum Gasteiger partial charge on any atom is -0.503 e. The van der Waals surface area contributed by atoms with Gasteiger partial charge in [0.25, 0.3) is 5.91 Å². The highest BCUT2D eigenvalue weighted by Crippen LogP contribution is 2.35. The van der Waals surface area contributed by atoms with Crippen molar-refractivity contribution in [3.63, 3.8) is 0 Å². The number of carbonyl (C=O) groups excluding carboxylic acids is 1. The minimum absolute atomic E-state index is 0.0615. The summed E-state index contributed by atoms with van der Waals surface area (Å²) in [7, 11) is 1.38. The van der Waals surface area contributed by atoms with Crippen molar-refractivity contribution in [2.24, 2.45) is 0 Å². The molecule has 0 unspecified atom stereocenters. The number of halogens is 1. The Hall–Kier alpha value is -2.78. The fraction of sp³-hybridized carbons (Fsp3) is 0.188. The van der Waals surface area contributed by atoms with Crippen molar-refractivity contribution >= 4 is 23.6 Å². The average molecular weight is 332 g/mol. The van der Waals surface area contributed by atoms with Crippen LogP contribution in [0, 0.1) is 25.2 Å². The molecule has 2 rings (SSSR count). The van der Waals surface area contributed by atoms with Gasteiger partial charge in [-0.1, -0.05) is 11.6 Å². The van der Waals surface area contributed by atoms with Crippen LogP contribution in [-0.4, -0.2) is 27.9 Å². The fourth-order valence-electron chi connectivity index (χ4n) is 2.09. The van der Waals surface area contributed by atoms with Crippen molar-refractivity contribution in [1.29, 1.82) is 5.26 Å². The molecule has 23 heavy (non-hydrogen) atoms. The highest BCUT2D eigenvalue weighted by Gasteiger charge is 2.16. The number of nitrogens with zero attached hydrogens (tertiary/aromatic N) is 3. The fourth-order valence-corrected chi connectivity index (χ4v) is 2.31. The summed E-state index contributed by atoms with van der Waals surface area (Å²) in [5, 5.41) is 23.1. The van der Waals surface area contributed by atoms with E-state index in [0.717, 1.165) is 0 Å². The Morgan fingerprint density at radius 2 is 2.13 bits per heavy atom. The molecule has 118 valence electrons. The first-order valence-corrected chi connectivity index (χ1v) is 7.01. The van der Waals surface area contributed by atoms with E-state index < -0.39 is 5.91 Å². The summed E-state index contributed by atoms with van der Waals surface area (Å²) in [6.45, 7) is 3.49. The molecule has 0 fully saturated rings. The lowest BCUT2D eigenvalue weighted by atomic mass is 10.1. The zero-order valence-corrected chi connectivity index (χ0v) is 13.5. The van der Waals surface area contributed by atoms with Gasteiger partial charge in [-0.25, -0.2) is 4.68 Å². The van der Waals surface area contributed by atoms with E-state index in [4.69, 9.17) is 16.3 Å². The predicted molar refractivity (Wildman–Crippen MR) is 85.6 cm³/mol. The number of phenolic OH excluding ortho intramolecular Hbond substituents is 1. The first-order chi connectivity index (χ1) is 10.9. The van der Waals surface area contributed by atoms with Crippen molar-refractivity contribution in [2.45, 2.75) is 13.8 Å². The topological polar surface area (TPSA) is 88.1 Å². The van der Waals surface area contributed by atoms with Gasteiger partial charge in [0.1, 0.15) is 11.6 Å². The summed E-state index contributed by atoms with van der Waals surface area (Å²) in [4.78, 5) is 12.4. The number of carbonyl (C=O) groups is 1. The van der Waals surface area contributed by atoms with Crippen LogP contribution in [0.1, 0.15) is 21.7 Å². The van der Waals surface area contributed by atoms with Crippen molar-refractivity contribution in [1.82, 2.24) is 9.78 Å². The summed E-state index contributed by atoms with van der Waals surface area (Å²) in [6, 6.07) is 6.52. The van der Waals surface area contributed by atoms with Gasteiger partial charge in [-0.2, -0.15) is 10.4 Å². The number of benzene rings is 1. The number of aryl methyl sites for hydroxylation is 2. The SMILES string of the molecule is COc1cc(/C=C(\C#N)C(=O)n2nc(C)cc2C)cc(Cl)c1O. The number of hydrogen-bond acceptors (Lipinski definition) is 5. The largest absolute Gasteiger partial charge is 0.503 e. The molecular formula is C16H14ClN3O3. The molecule has 0 saturated carbocycles. The van der Waals surface area contributed by atoms with Crippen molar-refractivity contribution in [3.8, 4) is 17.6 Å². The highest BCUT2D eigenvalue weighted by atomic mass is 35.5. The van der Waals surface area contributed by atoms with Gasteiger partial charge in [0.15, 0.2) is 11.5 Å². The summed E-state index contributed by atoms with van der Waals surface area (Å²) in [5.41, 5.74) is 1.66. The number of aromatic nitrogens is 2. The Bertz CT molecular complexity index is 847. The Balaban J connectivity index is 2.47. The van der Waals surface area contributed by atoms with E-state index in [1.165, 1.54) is 30.0 Å². The van der Waals surface area contributed by atoms with Gasteiger partial charge in [-0.3, -0.25) is 4.79 Å². The number of phenols is 1. The maximum Gasteiger partial charge on any atom is 0.289 e. The van der Waals surface area contributed by atoms with E-state index in [1.54, 1.807) is 19.9 Å². The Morgan fingerprint density at radius 3 is 2.65 bits per heavy atom. The van der Waals surface area contributed by atoms with Crippen molar-refractivity contribution in [2.75, 3.05) is 7.11 Å². The molecule has 1 N–H and O–H groups in total. The molecule has 0 aliphatic rings. The molecule has 1 heterocycles. The third-order valence-electron chi connectivity index (χ3n) is 3.13. The van der Waals surface area contributed by atoms with Crippen molar-refractivity contribution in [3.05, 3.63) is 45.7 Å². The lowest BCUT2D eigenvalue weighted by Crippen LogP contribution is -2.15. The van der Waals surface area contributed by atoms with Crippen LogP contribution in [0.15, 0.2) is 23.8 Å². The van der Waals surface area contributed by atoms with Crippen LogP contribution in [0.2, 0.25) is 5.02 Å². The maximum atomic E-state index is 12.4. The standard InChI is InChI=1S/C16H14ClN3O3/c1-9-4-10(2)20(19-9)16(22)12(8-18)5-11-6-13(17)15(21)14(7-11)23-3/h4-7,21H,1-3H3/b12-5+. The van der Waals surface area contributed by atoms with Gasteiger partial charge in [0.05, 0.1) is 17.8 Å². The second kappa shape index (κ2) is 6.55. The van der Waals surface area contributed by atoms with Gasteiger partial charge in [0.2, 0.25) is 0 Å². The van der Waals surface area contributed by atoms with Crippen LogP contribution >= 0.6 is 11.6 Å². The minimum atomic E-state index is -0.540. The van der Waals surface area contributed by atoms with E-state index >= 15 is 0 Å². The molecule has 0 amide bonds. The lowest BCUT2D eigenvalue weighted by molar-refractivity contribution is 0.0943.